The summed E-state index contributed by atoms with van der Waals surface area (Å²) in [6.45, 7) is 1.99. The van der Waals surface area contributed by atoms with Gasteiger partial charge in [0, 0.05) is 0 Å². The summed E-state index contributed by atoms with van der Waals surface area (Å²) in [6.07, 6.45) is 0.874. The van der Waals surface area contributed by atoms with Crippen molar-refractivity contribution in [3.63, 3.8) is 0 Å². The summed E-state index contributed by atoms with van der Waals surface area (Å²) in [4.78, 5) is -0.300. The molecule has 0 N–H and O–H groups in total. The summed E-state index contributed by atoms with van der Waals surface area (Å²) >= 11 is 12.5. The molecule has 2 atom stereocenters. The molecule has 12 heavy (non-hydrogen) atoms. The zero-order valence-electron chi connectivity index (χ0n) is 6.85. The number of halogens is 2. The van der Waals surface area contributed by atoms with Gasteiger partial charge in [0.05, 0.1) is 10.3 Å². The molecule has 0 unspecified atom stereocenters. The standard InChI is InChI=1S/C10H10Cl2/c1-10(12)6-7-4-2-3-5-8(7)9(10)11/h2-5,9H,6H2,1H3/t9-,10-/m1/s1. The molecule has 0 saturated heterocycles. The molecule has 0 amide bonds. The van der Waals surface area contributed by atoms with Crippen LogP contribution < -0.4 is 0 Å². The number of hydrogen-bond acceptors (Lipinski definition) is 0. The van der Waals surface area contributed by atoms with Gasteiger partial charge in [-0.25, -0.2) is 0 Å². The predicted octanol–water partition coefficient (Wildman–Crippen LogP) is 3.52. The van der Waals surface area contributed by atoms with Crippen LogP contribution in [0.25, 0.3) is 0 Å². The molecule has 0 aromatic heterocycles. The Morgan fingerprint density at radius 3 is 2.75 bits per heavy atom. The zero-order valence-corrected chi connectivity index (χ0v) is 8.36. The average Bonchev–Trinajstić information content (AvgIpc) is 2.24. The van der Waals surface area contributed by atoms with Crippen molar-refractivity contribution in [2.45, 2.75) is 23.6 Å². The van der Waals surface area contributed by atoms with Crippen LogP contribution in [0.4, 0.5) is 0 Å². The van der Waals surface area contributed by atoms with Crippen molar-refractivity contribution in [1.82, 2.24) is 0 Å². The summed E-state index contributed by atoms with van der Waals surface area (Å²) in [6, 6.07) is 8.19. The van der Waals surface area contributed by atoms with Crippen LogP contribution in [0, 0.1) is 0 Å². The second-order valence-electron chi connectivity index (χ2n) is 3.52. The lowest BCUT2D eigenvalue weighted by Crippen LogP contribution is -2.18. The minimum absolute atomic E-state index is 0.0460. The molecule has 0 nitrogen and oxygen atoms in total. The molecule has 1 aliphatic carbocycles. The minimum atomic E-state index is -0.300. The first-order valence-corrected chi connectivity index (χ1v) is 4.83. The second-order valence-corrected chi connectivity index (χ2v) is 4.82. The van der Waals surface area contributed by atoms with Crippen LogP contribution in [-0.4, -0.2) is 4.87 Å². The fourth-order valence-electron chi connectivity index (χ4n) is 1.73. The molecule has 0 radical (unpaired) electrons. The van der Waals surface area contributed by atoms with E-state index in [-0.39, 0.29) is 10.3 Å². The SMILES string of the molecule is C[C@@]1(Cl)Cc2ccccc2[C@H]1Cl. The summed E-state index contributed by atoms with van der Waals surface area (Å²) in [5.41, 5.74) is 2.48. The highest BCUT2D eigenvalue weighted by molar-refractivity contribution is 6.33. The predicted molar refractivity (Wildman–Crippen MR) is 53.0 cm³/mol. The maximum atomic E-state index is 6.25. The van der Waals surface area contributed by atoms with Gasteiger partial charge in [-0.05, 0) is 24.5 Å². The summed E-state index contributed by atoms with van der Waals surface area (Å²) in [5, 5.41) is -0.0460. The van der Waals surface area contributed by atoms with Crippen LogP contribution in [0.1, 0.15) is 23.4 Å². The number of hydrogen-bond donors (Lipinski definition) is 0. The largest absolute Gasteiger partial charge is 0.117 e. The third kappa shape index (κ3) is 1.14. The Hall–Kier alpha value is -0.200. The van der Waals surface area contributed by atoms with Gasteiger partial charge in [0.2, 0.25) is 0 Å². The summed E-state index contributed by atoms with van der Waals surface area (Å²) in [7, 11) is 0. The summed E-state index contributed by atoms with van der Waals surface area (Å²) < 4.78 is 0. The molecule has 2 heteroatoms. The van der Waals surface area contributed by atoms with Crippen LogP contribution in [0.3, 0.4) is 0 Å². The second kappa shape index (κ2) is 2.65. The van der Waals surface area contributed by atoms with E-state index in [1.165, 1.54) is 11.1 Å². The Morgan fingerprint density at radius 1 is 1.42 bits per heavy atom. The highest BCUT2D eigenvalue weighted by Crippen LogP contribution is 2.47. The van der Waals surface area contributed by atoms with Crippen molar-refractivity contribution in [2.24, 2.45) is 0 Å². The Morgan fingerprint density at radius 2 is 2.08 bits per heavy atom. The first kappa shape index (κ1) is 8.40. The van der Waals surface area contributed by atoms with Gasteiger partial charge in [0.15, 0.2) is 0 Å². The third-order valence-corrected chi connectivity index (χ3v) is 3.57. The van der Waals surface area contributed by atoms with E-state index in [0.29, 0.717) is 0 Å². The van der Waals surface area contributed by atoms with Gasteiger partial charge in [0.1, 0.15) is 0 Å². The first-order chi connectivity index (χ1) is 5.61. The molecule has 1 aromatic rings. The van der Waals surface area contributed by atoms with Gasteiger partial charge < -0.3 is 0 Å². The van der Waals surface area contributed by atoms with Gasteiger partial charge in [0.25, 0.3) is 0 Å². The molecule has 0 aliphatic heterocycles. The van der Waals surface area contributed by atoms with E-state index < -0.39 is 0 Å². The maximum Gasteiger partial charge on any atom is 0.0780 e. The van der Waals surface area contributed by atoms with Crippen LogP contribution in [-0.2, 0) is 6.42 Å². The van der Waals surface area contributed by atoms with Crippen molar-refractivity contribution < 1.29 is 0 Å². The summed E-state index contributed by atoms with van der Waals surface area (Å²) in [5.74, 6) is 0. The molecule has 1 aromatic carbocycles. The van der Waals surface area contributed by atoms with E-state index in [0.717, 1.165) is 6.42 Å². The molecule has 0 heterocycles. The number of benzene rings is 1. The molecule has 64 valence electrons. The fourth-order valence-corrected chi connectivity index (χ4v) is 2.28. The Balaban J connectivity index is 2.49. The smallest absolute Gasteiger partial charge is 0.0780 e. The maximum absolute atomic E-state index is 6.25. The van der Waals surface area contributed by atoms with Gasteiger partial charge in [-0.15, -0.1) is 23.2 Å². The zero-order chi connectivity index (χ0) is 8.77. The lowest BCUT2D eigenvalue weighted by Gasteiger charge is -2.18. The molecule has 1 aliphatic rings. The van der Waals surface area contributed by atoms with Crippen molar-refractivity contribution in [3.8, 4) is 0 Å². The molecule has 2 rings (SSSR count). The Kier molecular flexibility index (Phi) is 1.85. The molecule has 0 saturated carbocycles. The number of alkyl halides is 2. The third-order valence-electron chi connectivity index (χ3n) is 2.39. The number of fused-ring (bicyclic) bond motifs is 1. The van der Waals surface area contributed by atoms with Crippen LogP contribution in [0.15, 0.2) is 24.3 Å². The van der Waals surface area contributed by atoms with Crippen molar-refractivity contribution in [1.29, 1.82) is 0 Å². The topological polar surface area (TPSA) is 0 Å². The highest BCUT2D eigenvalue weighted by atomic mass is 35.5. The van der Waals surface area contributed by atoms with Crippen LogP contribution in [0.5, 0.6) is 0 Å². The van der Waals surface area contributed by atoms with E-state index in [1.54, 1.807) is 0 Å². The Bertz CT molecular complexity index is 304. The van der Waals surface area contributed by atoms with E-state index in [1.807, 2.05) is 19.1 Å². The molecule has 0 spiro atoms. The van der Waals surface area contributed by atoms with Gasteiger partial charge >= 0.3 is 0 Å². The molecule has 0 bridgehead atoms. The first-order valence-electron chi connectivity index (χ1n) is 4.02. The van der Waals surface area contributed by atoms with E-state index in [2.05, 4.69) is 12.1 Å². The van der Waals surface area contributed by atoms with E-state index in [4.69, 9.17) is 23.2 Å². The fraction of sp³-hybridized carbons (Fsp3) is 0.400. The quantitative estimate of drug-likeness (QED) is 0.563. The van der Waals surface area contributed by atoms with Gasteiger partial charge in [-0.2, -0.15) is 0 Å². The van der Waals surface area contributed by atoms with E-state index >= 15 is 0 Å². The van der Waals surface area contributed by atoms with Crippen molar-refractivity contribution in [3.05, 3.63) is 35.4 Å². The molecular weight excluding hydrogens is 191 g/mol. The van der Waals surface area contributed by atoms with E-state index in [9.17, 15) is 0 Å². The molecule has 0 fully saturated rings. The monoisotopic (exact) mass is 200 g/mol. The van der Waals surface area contributed by atoms with Crippen LogP contribution in [0.2, 0.25) is 0 Å². The lowest BCUT2D eigenvalue weighted by molar-refractivity contribution is 0.656. The van der Waals surface area contributed by atoms with Gasteiger partial charge in [-0.3, -0.25) is 0 Å². The minimum Gasteiger partial charge on any atom is -0.117 e. The van der Waals surface area contributed by atoms with Crippen molar-refractivity contribution in [2.75, 3.05) is 0 Å². The molecular formula is C10H10Cl2. The lowest BCUT2D eigenvalue weighted by atomic mass is 10.1. The van der Waals surface area contributed by atoms with Crippen LogP contribution >= 0.6 is 23.2 Å². The number of rotatable bonds is 0. The normalized spacial score (nSPS) is 33.4. The highest BCUT2D eigenvalue weighted by Gasteiger charge is 2.39. The van der Waals surface area contributed by atoms with Gasteiger partial charge in [-0.1, -0.05) is 24.3 Å². The van der Waals surface area contributed by atoms with Crippen molar-refractivity contribution >= 4 is 23.2 Å². The Labute approximate surface area is 82.5 Å². The average molecular weight is 201 g/mol.